The van der Waals surface area contributed by atoms with Gasteiger partial charge in [0, 0.05) is 23.6 Å². The van der Waals surface area contributed by atoms with E-state index < -0.39 is 0 Å². The van der Waals surface area contributed by atoms with E-state index in [4.69, 9.17) is 0 Å². The van der Waals surface area contributed by atoms with Crippen LogP contribution in [-0.2, 0) is 6.54 Å². The smallest absolute Gasteiger partial charge is 0.0486 e. The number of fused-ring (bicyclic) bond motifs is 1. The lowest BCUT2D eigenvalue weighted by molar-refractivity contribution is 0.835. The van der Waals surface area contributed by atoms with Gasteiger partial charge in [-0.25, -0.2) is 0 Å². The Morgan fingerprint density at radius 2 is 1.59 bits per heavy atom. The van der Waals surface area contributed by atoms with Crippen molar-refractivity contribution >= 4 is 10.9 Å². The van der Waals surface area contributed by atoms with Crippen LogP contribution >= 0.6 is 0 Å². The topological polar surface area (TPSA) is 4.93 Å². The summed E-state index contributed by atoms with van der Waals surface area (Å²) < 4.78 is 2.26. The summed E-state index contributed by atoms with van der Waals surface area (Å²) in [6.45, 7) is 4.99. The van der Waals surface area contributed by atoms with Crippen molar-refractivity contribution in [1.82, 2.24) is 4.57 Å². The summed E-state index contributed by atoms with van der Waals surface area (Å²) in [5.74, 6) is 0. The molecule has 3 aromatic rings. The number of nitrogens with zero attached hydrogens (tertiary/aromatic N) is 1. The fraction of sp³-hybridized carbons (Fsp3) is 0.0625. The van der Waals surface area contributed by atoms with Gasteiger partial charge in [-0.1, -0.05) is 48.5 Å². The second-order valence-corrected chi connectivity index (χ2v) is 4.28. The molecule has 0 spiro atoms. The number of rotatable bonds is 2. The van der Waals surface area contributed by atoms with Crippen LogP contribution in [0.1, 0.15) is 11.1 Å². The Hall–Kier alpha value is -2.02. The SMILES string of the molecule is [CH2]c1cn(Cc2ccccc2)c2ccccc12. The van der Waals surface area contributed by atoms with Crippen molar-refractivity contribution in [1.29, 1.82) is 0 Å². The molecule has 1 radical (unpaired) electrons. The highest BCUT2D eigenvalue weighted by molar-refractivity contribution is 5.84. The third kappa shape index (κ3) is 1.84. The minimum Gasteiger partial charge on any atom is -0.343 e. The van der Waals surface area contributed by atoms with Gasteiger partial charge in [0.05, 0.1) is 0 Å². The Kier molecular flexibility index (Phi) is 2.45. The highest BCUT2D eigenvalue weighted by Crippen LogP contribution is 2.21. The molecule has 1 heteroatoms. The molecular formula is C16H14N. The maximum atomic E-state index is 4.09. The summed E-state index contributed by atoms with van der Waals surface area (Å²) in [7, 11) is 0. The molecule has 1 heterocycles. The van der Waals surface area contributed by atoms with E-state index in [-0.39, 0.29) is 0 Å². The van der Waals surface area contributed by atoms with E-state index in [0.29, 0.717) is 0 Å². The third-order valence-electron chi connectivity index (χ3n) is 3.07. The lowest BCUT2D eigenvalue weighted by Crippen LogP contribution is -1.97. The van der Waals surface area contributed by atoms with Crippen molar-refractivity contribution in [2.75, 3.05) is 0 Å². The van der Waals surface area contributed by atoms with Gasteiger partial charge in [0.1, 0.15) is 0 Å². The average molecular weight is 220 g/mol. The van der Waals surface area contributed by atoms with Crippen molar-refractivity contribution in [2.24, 2.45) is 0 Å². The first kappa shape index (κ1) is 10.2. The molecule has 0 atom stereocenters. The summed E-state index contributed by atoms with van der Waals surface area (Å²) >= 11 is 0. The molecule has 0 saturated carbocycles. The molecule has 1 nitrogen and oxygen atoms in total. The zero-order valence-electron chi connectivity index (χ0n) is 9.63. The van der Waals surface area contributed by atoms with E-state index >= 15 is 0 Å². The first-order valence-electron chi connectivity index (χ1n) is 5.78. The Morgan fingerprint density at radius 3 is 2.41 bits per heavy atom. The van der Waals surface area contributed by atoms with Crippen LogP contribution in [0.4, 0.5) is 0 Å². The van der Waals surface area contributed by atoms with Crippen LogP contribution < -0.4 is 0 Å². The molecule has 83 valence electrons. The van der Waals surface area contributed by atoms with Gasteiger partial charge in [0.25, 0.3) is 0 Å². The van der Waals surface area contributed by atoms with E-state index in [9.17, 15) is 0 Å². The van der Waals surface area contributed by atoms with Crippen molar-refractivity contribution in [3.05, 3.63) is 78.8 Å². The fourth-order valence-corrected chi connectivity index (χ4v) is 2.23. The second-order valence-electron chi connectivity index (χ2n) is 4.28. The molecule has 2 aromatic carbocycles. The Labute approximate surface area is 101 Å². The van der Waals surface area contributed by atoms with Gasteiger partial charge < -0.3 is 4.57 Å². The number of hydrogen-bond acceptors (Lipinski definition) is 0. The van der Waals surface area contributed by atoms with Crippen molar-refractivity contribution < 1.29 is 0 Å². The predicted molar refractivity (Wildman–Crippen MR) is 71.9 cm³/mol. The molecule has 0 fully saturated rings. The molecule has 0 aliphatic carbocycles. The zero-order valence-corrected chi connectivity index (χ0v) is 9.63. The molecule has 1 aromatic heterocycles. The van der Waals surface area contributed by atoms with Crippen LogP contribution in [0, 0.1) is 6.92 Å². The number of aromatic nitrogens is 1. The summed E-state index contributed by atoms with van der Waals surface area (Å²) in [5, 5.41) is 1.24. The zero-order chi connectivity index (χ0) is 11.7. The summed E-state index contributed by atoms with van der Waals surface area (Å²) in [5.41, 5.74) is 3.66. The molecule has 0 N–H and O–H groups in total. The van der Waals surface area contributed by atoms with E-state index in [1.807, 2.05) is 6.07 Å². The molecular weight excluding hydrogens is 206 g/mol. The minimum absolute atomic E-state index is 0.900. The average Bonchev–Trinajstić information content (AvgIpc) is 2.69. The molecule has 0 unspecified atom stereocenters. The monoisotopic (exact) mass is 220 g/mol. The molecule has 17 heavy (non-hydrogen) atoms. The molecule has 0 amide bonds. The van der Waals surface area contributed by atoms with Crippen LogP contribution in [0.3, 0.4) is 0 Å². The van der Waals surface area contributed by atoms with Crippen molar-refractivity contribution in [3.8, 4) is 0 Å². The molecule has 3 rings (SSSR count). The Morgan fingerprint density at radius 1 is 0.882 bits per heavy atom. The second kappa shape index (κ2) is 4.10. The maximum Gasteiger partial charge on any atom is 0.0486 e. The van der Waals surface area contributed by atoms with Crippen LogP contribution in [0.25, 0.3) is 10.9 Å². The van der Waals surface area contributed by atoms with E-state index in [2.05, 4.69) is 66.2 Å². The molecule has 0 saturated heterocycles. The first-order chi connectivity index (χ1) is 8.34. The highest BCUT2D eigenvalue weighted by atomic mass is 15.0. The van der Waals surface area contributed by atoms with E-state index in [1.54, 1.807) is 0 Å². The van der Waals surface area contributed by atoms with Gasteiger partial charge in [-0.2, -0.15) is 0 Å². The molecule has 0 bridgehead atoms. The fourth-order valence-electron chi connectivity index (χ4n) is 2.23. The van der Waals surface area contributed by atoms with Gasteiger partial charge in [-0.05, 0) is 24.1 Å². The molecule has 0 aliphatic heterocycles. The van der Waals surface area contributed by atoms with Crippen LogP contribution in [-0.4, -0.2) is 4.57 Å². The summed E-state index contributed by atoms with van der Waals surface area (Å²) in [4.78, 5) is 0. The van der Waals surface area contributed by atoms with Gasteiger partial charge in [0.15, 0.2) is 0 Å². The third-order valence-corrected chi connectivity index (χ3v) is 3.07. The van der Waals surface area contributed by atoms with Crippen LogP contribution in [0.15, 0.2) is 60.8 Å². The largest absolute Gasteiger partial charge is 0.343 e. The van der Waals surface area contributed by atoms with Crippen LogP contribution in [0.2, 0.25) is 0 Å². The summed E-state index contributed by atoms with van der Waals surface area (Å²) in [6.07, 6.45) is 2.12. The number of hydrogen-bond donors (Lipinski definition) is 0. The van der Waals surface area contributed by atoms with Gasteiger partial charge in [-0.3, -0.25) is 0 Å². The highest BCUT2D eigenvalue weighted by Gasteiger charge is 2.04. The lowest BCUT2D eigenvalue weighted by atomic mass is 10.2. The van der Waals surface area contributed by atoms with Gasteiger partial charge in [-0.15, -0.1) is 0 Å². The summed E-state index contributed by atoms with van der Waals surface area (Å²) in [6, 6.07) is 18.9. The number of benzene rings is 2. The van der Waals surface area contributed by atoms with Crippen molar-refractivity contribution in [2.45, 2.75) is 6.54 Å². The van der Waals surface area contributed by atoms with Crippen LogP contribution in [0.5, 0.6) is 0 Å². The van der Waals surface area contributed by atoms with Gasteiger partial charge in [0.2, 0.25) is 0 Å². The van der Waals surface area contributed by atoms with E-state index in [0.717, 1.165) is 12.1 Å². The normalized spacial score (nSPS) is 10.9. The maximum absolute atomic E-state index is 4.09. The predicted octanol–water partition coefficient (Wildman–Crippen LogP) is 3.87. The van der Waals surface area contributed by atoms with Crippen molar-refractivity contribution in [3.63, 3.8) is 0 Å². The Balaban J connectivity index is 2.07. The lowest BCUT2D eigenvalue weighted by Gasteiger charge is -2.05. The standard InChI is InChI=1S/C16H14N/c1-13-11-17(12-14-7-3-2-4-8-14)16-10-6-5-9-15(13)16/h2-11H,1,12H2. The molecule has 0 aliphatic rings. The van der Waals surface area contributed by atoms with Gasteiger partial charge >= 0.3 is 0 Å². The van der Waals surface area contributed by atoms with E-state index in [1.165, 1.54) is 16.5 Å². The number of para-hydroxylation sites is 1. The Bertz CT molecular complexity index is 635. The minimum atomic E-state index is 0.900. The quantitative estimate of drug-likeness (QED) is 0.617. The first-order valence-corrected chi connectivity index (χ1v) is 5.78.